The number of nitrogens with two attached hydrogens (primary N) is 1. The van der Waals surface area contributed by atoms with Crippen molar-refractivity contribution in [3.63, 3.8) is 0 Å². The van der Waals surface area contributed by atoms with E-state index < -0.39 is 29.6 Å². The highest BCUT2D eigenvalue weighted by Crippen LogP contribution is 2.48. The van der Waals surface area contributed by atoms with Gasteiger partial charge in [-0.15, -0.1) is 0 Å². The monoisotopic (exact) mass is 446 g/mol. The van der Waals surface area contributed by atoms with Crippen molar-refractivity contribution in [3.8, 4) is 11.1 Å². The van der Waals surface area contributed by atoms with Gasteiger partial charge in [0.25, 0.3) is 5.91 Å². The van der Waals surface area contributed by atoms with Gasteiger partial charge in [0, 0.05) is 17.5 Å². The molecule has 1 fully saturated rings. The van der Waals surface area contributed by atoms with Crippen molar-refractivity contribution in [1.82, 2.24) is 15.0 Å². The fraction of sp³-hybridized carbons (Fsp3) is 0.292. The van der Waals surface area contributed by atoms with E-state index in [1.807, 2.05) is 31.3 Å². The molecule has 2 heterocycles. The Hall–Kier alpha value is -3.69. The van der Waals surface area contributed by atoms with Gasteiger partial charge < -0.3 is 20.1 Å². The molecule has 1 aliphatic carbocycles. The van der Waals surface area contributed by atoms with Crippen LogP contribution in [-0.2, 0) is 19.9 Å². The van der Waals surface area contributed by atoms with Crippen molar-refractivity contribution in [2.75, 3.05) is 20.1 Å². The fourth-order valence-electron chi connectivity index (χ4n) is 5.19. The second kappa shape index (κ2) is 7.72. The maximum absolute atomic E-state index is 13.4. The second-order valence-electron chi connectivity index (χ2n) is 8.80. The molecule has 3 aromatic rings. The van der Waals surface area contributed by atoms with Gasteiger partial charge in [-0.05, 0) is 11.1 Å². The average Bonchev–Trinajstić information content (AvgIpc) is 3.31. The van der Waals surface area contributed by atoms with Crippen LogP contribution in [0.25, 0.3) is 11.1 Å². The molecule has 168 valence electrons. The van der Waals surface area contributed by atoms with Gasteiger partial charge >= 0.3 is 5.97 Å². The van der Waals surface area contributed by atoms with E-state index in [-0.39, 0.29) is 10.3 Å². The first-order chi connectivity index (χ1) is 15.8. The Balaban J connectivity index is 1.41. The number of fused-ring (bicyclic) bond motifs is 3. The van der Waals surface area contributed by atoms with Crippen molar-refractivity contribution in [1.29, 1.82) is 0 Å². The highest BCUT2D eigenvalue weighted by molar-refractivity contribution is 5.96. The SMILES string of the molecule is C[N+]1(C(C(N)=O)c2ncncn2)CC[C@@H](OC(=O)C2(O)c3ccccc3-c3ccccc32)C1. The summed E-state index contributed by atoms with van der Waals surface area (Å²) in [6.45, 7) is 0.868. The molecule has 3 N–H and O–H groups in total. The van der Waals surface area contributed by atoms with Gasteiger partial charge in [-0.25, -0.2) is 19.7 Å². The molecule has 5 rings (SSSR count). The highest BCUT2D eigenvalue weighted by atomic mass is 16.6. The Bertz CT molecular complexity index is 1190. The first-order valence-electron chi connectivity index (χ1n) is 10.7. The third-order valence-corrected chi connectivity index (χ3v) is 6.73. The molecule has 33 heavy (non-hydrogen) atoms. The number of aliphatic hydroxyl groups is 1. The number of rotatable bonds is 5. The molecule has 0 saturated carbocycles. The summed E-state index contributed by atoms with van der Waals surface area (Å²) in [5.74, 6) is -1.01. The van der Waals surface area contributed by atoms with Crippen molar-refractivity contribution in [2.45, 2.75) is 24.2 Å². The molecule has 2 unspecified atom stereocenters. The van der Waals surface area contributed by atoms with E-state index >= 15 is 0 Å². The first-order valence-corrected chi connectivity index (χ1v) is 10.7. The number of likely N-dealkylation sites (N-methyl/N-ethyl adjacent to an activating group) is 1. The molecular formula is C24H24N5O4+. The van der Waals surface area contributed by atoms with Gasteiger partial charge in [0.05, 0.1) is 13.6 Å². The van der Waals surface area contributed by atoms with Gasteiger partial charge in [0.1, 0.15) is 19.2 Å². The lowest BCUT2D eigenvalue weighted by Gasteiger charge is -2.35. The van der Waals surface area contributed by atoms with Crippen LogP contribution < -0.4 is 5.73 Å². The Morgan fingerprint density at radius 3 is 2.24 bits per heavy atom. The topological polar surface area (TPSA) is 128 Å². The van der Waals surface area contributed by atoms with Gasteiger partial charge in [-0.3, -0.25) is 4.79 Å². The summed E-state index contributed by atoms with van der Waals surface area (Å²) in [5.41, 5.74) is 6.44. The van der Waals surface area contributed by atoms with Crippen molar-refractivity contribution >= 4 is 11.9 Å². The molecule has 2 aromatic carbocycles. The number of quaternary nitrogens is 1. The molecule has 1 amide bonds. The number of primary amides is 1. The predicted molar refractivity (Wildman–Crippen MR) is 117 cm³/mol. The molecule has 1 saturated heterocycles. The maximum Gasteiger partial charge on any atom is 0.348 e. The molecule has 9 nitrogen and oxygen atoms in total. The zero-order valence-electron chi connectivity index (χ0n) is 18.1. The summed E-state index contributed by atoms with van der Waals surface area (Å²) in [7, 11) is 1.86. The van der Waals surface area contributed by atoms with E-state index in [2.05, 4.69) is 15.0 Å². The maximum atomic E-state index is 13.4. The number of nitrogens with zero attached hydrogens (tertiary/aromatic N) is 4. The van der Waals surface area contributed by atoms with Gasteiger partial charge in [-0.1, -0.05) is 48.5 Å². The minimum atomic E-state index is -1.89. The largest absolute Gasteiger partial charge is 0.453 e. The summed E-state index contributed by atoms with van der Waals surface area (Å²) < 4.78 is 6.06. The first kappa shape index (κ1) is 21.2. The van der Waals surface area contributed by atoms with Crippen molar-refractivity contribution < 1.29 is 23.9 Å². The average molecular weight is 446 g/mol. The van der Waals surface area contributed by atoms with Crippen LogP contribution in [0.2, 0.25) is 0 Å². The number of carbonyl (C=O) groups is 2. The summed E-state index contributed by atoms with van der Waals surface area (Å²) in [5, 5.41) is 11.6. The van der Waals surface area contributed by atoms with Crippen LogP contribution in [0.3, 0.4) is 0 Å². The molecule has 0 bridgehead atoms. The fourth-order valence-corrected chi connectivity index (χ4v) is 5.19. The highest BCUT2D eigenvalue weighted by Gasteiger charge is 2.52. The van der Waals surface area contributed by atoms with E-state index in [1.165, 1.54) is 12.7 Å². The number of esters is 1. The normalized spacial score (nSPS) is 23.4. The van der Waals surface area contributed by atoms with E-state index in [9.17, 15) is 14.7 Å². The second-order valence-corrected chi connectivity index (χ2v) is 8.80. The quantitative estimate of drug-likeness (QED) is 0.443. The lowest BCUT2D eigenvalue weighted by molar-refractivity contribution is -0.920. The Morgan fingerprint density at radius 2 is 1.67 bits per heavy atom. The summed E-state index contributed by atoms with van der Waals surface area (Å²) in [6.07, 6.45) is 2.65. The van der Waals surface area contributed by atoms with E-state index in [0.29, 0.717) is 30.6 Å². The van der Waals surface area contributed by atoms with Crippen molar-refractivity contribution in [3.05, 3.63) is 78.1 Å². The Morgan fingerprint density at radius 1 is 1.09 bits per heavy atom. The van der Waals surface area contributed by atoms with Crippen LogP contribution in [0.1, 0.15) is 29.4 Å². The number of hydrogen-bond acceptors (Lipinski definition) is 7. The van der Waals surface area contributed by atoms with Gasteiger partial charge in [0.2, 0.25) is 11.6 Å². The number of benzene rings is 2. The van der Waals surface area contributed by atoms with Crippen LogP contribution in [0.15, 0.2) is 61.2 Å². The zero-order chi connectivity index (χ0) is 23.2. The number of likely N-dealkylation sites (tertiary alicyclic amines) is 1. The number of carbonyl (C=O) groups excluding carboxylic acids is 2. The minimum absolute atomic E-state index is 0.197. The lowest BCUT2D eigenvalue weighted by Crippen LogP contribution is -2.51. The molecular weight excluding hydrogens is 422 g/mol. The van der Waals surface area contributed by atoms with Gasteiger partial charge in [-0.2, -0.15) is 0 Å². The number of hydrogen-bond donors (Lipinski definition) is 2. The Kier molecular flexibility index (Phi) is 4.95. The van der Waals surface area contributed by atoms with Crippen LogP contribution in [0.4, 0.5) is 0 Å². The van der Waals surface area contributed by atoms with Crippen LogP contribution in [0, 0.1) is 0 Å². The third kappa shape index (κ3) is 3.28. The number of aromatic nitrogens is 3. The number of amides is 1. The zero-order valence-corrected chi connectivity index (χ0v) is 18.1. The number of ether oxygens (including phenoxy) is 1. The Labute approximate surface area is 190 Å². The molecule has 1 aliphatic heterocycles. The smallest absolute Gasteiger partial charge is 0.348 e. The molecule has 0 spiro atoms. The third-order valence-electron chi connectivity index (χ3n) is 6.73. The molecule has 9 heteroatoms. The lowest BCUT2D eigenvalue weighted by atomic mass is 9.91. The summed E-state index contributed by atoms with van der Waals surface area (Å²) in [4.78, 5) is 37.8. The van der Waals surface area contributed by atoms with E-state index in [4.69, 9.17) is 10.5 Å². The van der Waals surface area contributed by atoms with E-state index in [0.717, 1.165) is 11.1 Å². The van der Waals surface area contributed by atoms with Crippen LogP contribution in [-0.4, -0.2) is 62.7 Å². The van der Waals surface area contributed by atoms with Crippen LogP contribution in [0.5, 0.6) is 0 Å². The van der Waals surface area contributed by atoms with Crippen LogP contribution >= 0.6 is 0 Å². The van der Waals surface area contributed by atoms with Crippen molar-refractivity contribution in [2.24, 2.45) is 5.73 Å². The summed E-state index contributed by atoms with van der Waals surface area (Å²) in [6, 6.07) is 13.8. The predicted octanol–water partition coefficient (Wildman–Crippen LogP) is 1.08. The minimum Gasteiger partial charge on any atom is -0.453 e. The molecule has 3 atom stereocenters. The molecule has 1 aromatic heterocycles. The van der Waals surface area contributed by atoms with Gasteiger partial charge in [0.15, 0.2) is 11.9 Å². The van der Waals surface area contributed by atoms with E-state index in [1.54, 1.807) is 24.3 Å². The summed E-state index contributed by atoms with van der Waals surface area (Å²) >= 11 is 0. The standard InChI is InChI=1S/C24H23N5O4/c1-29(20(21(25)30)22-27-13-26-14-28-22)11-10-15(12-29)33-23(31)24(32)18-8-4-2-6-16(18)17-7-3-5-9-19(17)24/h2-9,13-15,20,32H,10-12H2,1H3,(H-,25,30)/p+1/t15-,20?,29?/m1/s1. The molecule has 0 radical (unpaired) electrons. The molecule has 2 aliphatic rings.